The second kappa shape index (κ2) is 7.33. The van der Waals surface area contributed by atoms with Crippen molar-refractivity contribution in [2.45, 2.75) is 13.2 Å². The maximum absolute atomic E-state index is 12.2. The van der Waals surface area contributed by atoms with E-state index in [2.05, 4.69) is 26.0 Å². The highest BCUT2D eigenvalue weighted by Gasteiger charge is 2.14. The lowest BCUT2D eigenvalue weighted by Crippen LogP contribution is -2.04. The predicted molar refractivity (Wildman–Crippen MR) is 87.4 cm³/mol. The fourth-order valence-corrected chi connectivity index (χ4v) is 3.84. The molecule has 2 aromatic rings. The van der Waals surface area contributed by atoms with Crippen molar-refractivity contribution in [2.24, 2.45) is 0 Å². The summed E-state index contributed by atoms with van der Waals surface area (Å²) in [5, 5.41) is 3.10. The summed E-state index contributed by atoms with van der Waals surface area (Å²) in [6.45, 7) is -2.48. The van der Waals surface area contributed by atoms with E-state index >= 15 is 0 Å². The molecule has 21 heavy (non-hydrogen) atoms. The molecule has 114 valence electrons. The molecule has 0 aliphatic rings. The molecule has 1 aromatic heterocycles. The summed E-state index contributed by atoms with van der Waals surface area (Å²) in [6.07, 6.45) is 0. The standard InChI is InChI=1S/C12H7BrCl3F2NOS/c13-7-3-6(21-11(7)16)4-19-5-1-8(14)10(9(15)2-5)20-12(17)18/h1-3,12,19H,4H2. The van der Waals surface area contributed by atoms with Crippen LogP contribution in [0.1, 0.15) is 4.88 Å². The number of rotatable bonds is 5. The van der Waals surface area contributed by atoms with E-state index in [1.807, 2.05) is 6.07 Å². The molecule has 0 fully saturated rings. The van der Waals surface area contributed by atoms with Gasteiger partial charge >= 0.3 is 6.61 Å². The van der Waals surface area contributed by atoms with Crippen molar-refractivity contribution in [3.05, 3.63) is 41.9 Å². The van der Waals surface area contributed by atoms with E-state index in [0.717, 1.165) is 9.35 Å². The molecule has 1 heterocycles. The molecule has 0 radical (unpaired) electrons. The molecule has 0 saturated heterocycles. The van der Waals surface area contributed by atoms with Gasteiger partial charge in [-0.05, 0) is 34.1 Å². The average molecular weight is 438 g/mol. The summed E-state index contributed by atoms with van der Waals surface area (Å²) in [6, 6.07) is 4.82. The highest BCUT2D eigenvalue weighted by molar-refractivity contribution is 9.10. The molecule has 0 atom stereocenters. The maximum atomic E-state index is 12.2. The Bertz CT molecular complexity index is 611. The Hall–Kier alpha value is -0.270. The van der Waals surface area contributed by atoms with Crippen molar-refractivity contribution in [3.8, 4) is 5.75 Å². The third-order valence-electron chi connectivity index (χ3n) is 2.37. The predicted octanol–water partition coefficient (Wildman–Crippen LogP) is 6.68. The molecule has 0 saturated carbocycles. The third kappa shape index (κ3) is 4.60. The van der Waals surface area contributed by atoms with Gasteiger partial charge in [0.05, 0.1) is 10.0 Å². The Morgan fingerprint density at radius 2 is 1.81 bits per heavy atom. The van der Waals surface area contributed by atoms with E-state index in [1.54, 1.807) is 0 Å². The first-order valence-corrected chi connectivity index (χ1v) is 8.22. The molecule has 2 rings (SSSR count). The zero-order chi connectivity index (χ0) is 15.6. The minimum absolute atomic E-state index is 0.00990. The van der Waals surface area contributed by atoms with Crippen molar-refractivity contribution >= 4 is 67.8 Å². The fraction of sp³-hybridized carbons (Fsp3) is 0.167. The van der Waals surface area contributed by atoms with Crippen molar-refractivity contribution < 1.29 is 13.5 Å². The number of halogens is 6. The summed E-state index contributed by atoms with van der Waals surface area (Å²) in [4.78, 5) is 0.993. The summed E-state index contributed by atoms with van der Waals surface area (Å²) < 4.78 is 30.2. The van der Waals surface area contributed by atoms with Crippen LogP contribution in [0.15, 0.2) is 22.7 Å². The number of alkyl halides is 2. The summed E-state index contributed by atoms with van der Waals surface area (Å²) >= 11 is 22.4. The monoisotopic (exact) mass is 435 g/mol. The topological polar surface area (TPSA) is 21.3 Å². The van der Waals surface area contributed by atoms with Gasteiger partial charge in [0.2, 0.25) is 0 Å². The first-order valence-electron chi connectivity index (χ1n) is 5.48. The quantitative estimate of drug-likeness (QED) is 0.563. The molecule has 0 aliphatic heterocycles. The van der Waals surface area contributed by atoms with Crippen molar-refractivity contribution in [2.75, 3.05) is 5.32 Å². The van der Waals surface area contributed by atoms with E-state index in [-0.39, 0.29) is 15.8 Å². The van der Waals surface area contributed by atoms with Crippen LogP contribution >= 0.6 is 62.1 Å². The van der Waals surface area contributed by atoms with Gasteiger partial charge in [0.15, 0.2) is 5.75 Å². The first-order chi connectivity index (χ1) is 9.86. The van der Waals surface area contributed by atoms with Gasteiger partial charge in [-0.25, -0.2) is 0 Å². The SMILES string of the molecule is FC(F)Oc1c(Cl)cc(NCc2cc(Br)c(Cl)s2)cc1Cl. The van der Waals surface area contributed by atoms with Crippen LogP contribution in [0.25, 0.3) is 0 Å². The molecule has 0 bridgehead atoms. The number of ether oxygens (including phenoxy) is 1. The summed E-state index contributed by atoms with van der Waals surface area (Å²) in [5.74, 6) is -0.235. The molecular formula is C12H7BrCl3F2NOS. The van der Waals surface area contributed by atoms with Crippen LogP contribution in [0.3, 0.4) is 0 Å². The Morgan fingerprint density at radius 3 is 2.29 bits per heavy atom. The second-order valence-electron chi connectivity index (χ2n) is 3.84. The van der Waals surface area contributed by atoms with Crippen LogP contribution in [-0.2, 0) is 6.54 Å². The number of thiophene rings is 1. The van der Waals surface area contributed by atoms with Gasteiger partial charge in [0.1, 0.15) is 4.34 Å². The minimum Gasteiger partial charge on any atom is -0.432 e. The third-order valence-corrected chi connectivity index (χ3v) is 5.40. The molecular weight excluding hydrogens is 430 g/mol. The minimum atomic E-state index is -2.98. The second-order valence-corrected chi connectivity index (χ2v) is 7.24. The molecule has 0 amide bonds. The van der Waals surface area contributed by atoms with Gasteiger partial charge in [-0.15, -0.1) is 11.3 Å². The lowest BCUT2D eigenvalue weighted by Gasteiger charge is -2.12. The molecule has 0 aliphatic carbocycles. The van der Waals surface area contributed by atoms with Gasteiger partial charge in [0.25, 0.3) is 0 Å². The highest BCUT2D eigenvalue weighted by atomic mass is 79.9. The fourth-order valence-electron chi connectivity index (χ4n) is 1.53. The van der Waals surface area contributed by atoms with Crippen molar-refractivity contribution in [1.29, 1.82) is 0 Å². The first kappa shape index (κ1) is 17.1. The molecule has 1 N–H and O–H groups in total. The van der Waals surface area contributed by atoms with Crippen LogP contribution in [0.2, 0.25) is 14.4 Å². The molecule has 9 heteroatoms. The summed E-state index contributed by atoms with van der Waals surface area (Å²) in [7, 11) is 0. The molecule has 0 spiro atoms. The van der Waals surface area contributed by atoms with Gasteiger partial charge in [-0.2, -0.15) is 8.78 Å². The maximum Gasteiger partial charge on any atom is 0.387 e. The van der Waals surface area contributed by atoms with Crippen LogP contribution < -0.4 is 10.1 Å². The van der Waals surface area contributed by atoms with E-state index in [0.29, 0.717) is 16.6 Å². The van der Waals surface area contributed by atoms with Gasteiger partial charge < -0.3 is 10.1 Å². The lowest BCUT2D eigenvalue weighted by atomic mass is 10.3. The lowest BCUT2D eigenvalue weighted by molar-refractivity contribution is -0.0497. The Morgan fingerprint density at radius 1 is 1.19 bits per heavy atom. The Kier molecular flexibility index (Phi) is 5.96. The van der Waals surface area contributed by atoms with Crippen LogP contribution in [0, 0.1) is 0 Å². The average Bonchev–Trinajstić information content (AvgIpc) is 2.70. The number of hydrogen-bond donors (Lipinski definition) is 1. The van der Waals surface area contributed by atoms with E-state index in [4.69, 9.17) is 34.8 Å². The largest absolute Gasteiger partial charge is 0.432 e. The zero-order valence-electron chi connectivity index (χ0n) is 10.1. The molecule has 0 unspecified atom stereocenters. The molecule has 2 nitrogen and oxygen atoms in total. The van der Waals surface area contributed by atoms with E-state index in [1.165, 1.54) is 23.5 Å². The highest BCUT2D eigenvalue weighted by Crippen LogP contribution is 2.37. The van der Waals surface area contributed by atoms with Gasteiger partial charge in [-0.1, -0.05) is 34.8 Å². The smallest absolute Gasteiger partial charge is 0.387 e. The van der Waals surface area contributed by atoms with Crippen LogP contribution in [0.5, 0.6) is 5.75 Å². The normalized spacial score (nSPS) is 11.0. The number of hydrogen-bond acceptors (Lipinski definition) is 3. The van der Waals surface area contributed by atoms with Gasteiger partial charge in [0, 0.05) is 21.6 Å². The molecule has 1 aromatic carbocycles. The number of anilines is 1. The number of benzene rings is 1. The van der Waals surface area contributed by atoms with E-state index < -0.39 is 6.61 Å². The number of nitrogens with one attached hydrogen (secondary N) is 1. The Labute approximate surface area is 147 Å². The van der Waals surface area contributed by atoms with Crippen molar-refractivity contribution in [1.82, 2.24) is 0 Å². The Balaban J connectivity index is 2.10. The van der Waals surface area contributed by atoms with Crippen LogP contribution in [-0.4, -0.2) is 6.61 Å². The van der Waals surface area contributed by atoms with Crippen LogP contribution in [0.4, 0.5) is 14.5 Å². The summed E-state index contributed by atoms with van der Waals surface area (Å²) in [5.41, 5.74) is 0.590. The van der Waals surface area contributed by atoms with Gasteiger partial charge in [-0.3, -0.25) is 0 Å². The van der Waals surface area contributed by atoms with Crippen molar-refractivity contribution in [3.63, 3.8) is 0 Å². The zero-order valence-corrected chi connectivity index (χ0v) is 14.8. The van der Waals surface area contributed by atoms with E-state index in [9.17, 15) is 8.78 Å².